The molecule has 11 heteroatoms. The summed E-state index contributed by atoms with van der Waals surface area (Å²) < 4.78 is 115. The van der Waals surface area contributed by atoms with Crippen LogP contribution in [-0.2, 0) is 4.74 Å². The van der Waals surface area contributed by atoms with Crippen LogP contribution in [0, 0.1) is 0 Å². The molecule has 15 heavy (non-hydrogen) atoms. The van der Waals surface area contributed by atoms with Gasteiger partial charge in [-0.25, -0.2) is 4.74 Å². The number of halogens is 10. The molecule has 0 amide bonds. The van der Waals surface area contributed by atoms with Crippen molar-refractivity contribution in [2.75, 3.05) is 0 Å². The molecule has 0 atom stereocenters. The van der Waals surface area contributed by atoms with Crippen molar-refractivity contribution >= 4 is 0 Å². The van der Waals surface area contributed by atoms with Gasteiger partial charge in [0.15, 0.2) is 0 Å². The topological polar surface area (TPSA) is 9.23 Å². The van der Waals surface area contributed by atoms with Gasteiger partial charge in [0.25, 0.3) is 0 Å². The second-order valence-corrected chi connectivity index (χ2v) is 2.14. The first-order valence-corrected chi connectivity index (χ1v) is 2.80. The number of rotatable bonds is 1. The highest BCUT2D eigenvalue weighted by molar-refractivity contribution is 4.85. The van der Waals surface area contributed by atoms with Crippen LogP contribution >= 0.6 is 0 Å². The van der Waals surface area contributed by atoms with Gasteiger partial charge in [0.05, 0.1) is 0 Å². The van der Waals surface area contributed by atoms with Gasteiger partial charge in [-0.05, 0) is 0 Å². The van der Waals surface area contributed by atoms with E-state index in [9.17, 15) is 43.9 Å². The summed E-state index contributed by atoms with van der Waals surface area (Å²) >= 11 is 0. The lowest BCUT2D eigenvalue weighted by Crippen LogP contribution is -2.57. The van der Waals surface area contributed by atoms with Crippen molar-refractivity contribution in [1.29, 1.82) is 0 Å². The van der Waals surface area contributed by atoms with Crippen LogP contribution in [0.1, 0.15) is 0 Å². The van der Waals surface area contributed by atoms with E-state index in [4.69, 9.17) is 0 Å². The lowest BCUT2D eigenvalue weighted by atomic mass is 10.3. The SMILES string of the molecule is FC(F)(F)OC(F)(C(F)(F)F)C(F)(F)F. The van der Waals surface area contributed by atoms with E-state index >= 15 is 0 Å². The van der Waals surface area contributed by atoms with E-state index in [0.717, 1.165) is 0 Å². The Morgan fingerprint density at radius 3 is 0.867 bits per heavy atom. The van der Waals surface area contributed by atoms with Crippen molar-refractivity contribution < 1.29 is 48.6 Å². The lowest BCUT2D eigenvalue weighted by Gasteiger charge is -2.29. The summed E-state index contributed by atoms with van der Waals surface area (Å²) in [4.78, 5) is 0. The fraction of sp³-hybridized carbons (Fsp3) is 1.00. The fourth-order valence-electron chi connectivity index (χ4n) is 0.436. The van der Waals surface area contributed by atoms with Crippen molar-refractivity contribution in [3.8, 4) is 0 Å². The number of alkyl halides is 10. The van der Waals surface area contributed by atoms with Crippen molar-refractivity contribution in [3.05, 3.63) is 0 Å². The van der Waals surface area contributed by atoms with Crippen molar-refractivity contribution in [3.63, 3.8) is 0 Å². The molecule has 92 valence electrons. The first-order valence-electron chi connectivity index (χ1n) is 2.80. The smallest absolute Gasteiger partial charge is 0.238 e. The van der Waals surface area contributed by atoms with Crippen LogP contribution < -0.4 is 0 Å². The van der Waals surface area contributed by atoms with Crippen molar-refractivity contribution in [2.45, 2.75) is 24.6 Å². The highest BCUT2D eigenvalue weighted by atomic mass is 19.4. The molecule has 0 rings (SSSR count). The van der Waals surface area contributed by atoms with E-state index in [1.54, 1.807) is 0 Å². The van der Waals surface area contributed by atoms with Gasteiger partial charge in [-0.1, -0.05) is 0 Å². The minimum Gasteiger partial charge on any atom is -0.238 e. The molecule has 0 aliphatic rings. The van der Waals surface area contributed by atoms with Crippen molar-refractivity contribution in [1.82, 2.24) is 0 Å². The molecule has 0 aromatic carbocycles. The number of hydrogen-bond acceptors (Lipinski definition) is 1. The maximum absolute atomic E-state index is 12.1. The quantitative estimate of drug-likeness (QED) is 0.652. The molecule has 0 aromatic heterocycles. The summed E-state index contributed by atoms with van der Waals surface area (Å²) in [5.74, 6) is -6.77. The van der Waals surface area contributed by atoms with Gasteiger partial charge >= 0.3 is 24.6 Å². The van der Waals surface area contributed by atoms with E-state index in [2.05, 4.69) is 0 Å². The Bertz CT molecular complexity index is 205. The van der Waals surface area contributed by atoms with Crippen LogP contribution in [0.25, 0.3) is 0 Å². The molecule has 0 fully saturated rings. The highest BCUT2D eigenvalue weighted by Crippen LogP contribution is 2.49. The standard InChI is InChI=1S/C4F10O/c5-1(2(6,7)8,3(9,10)11)15-4(12,13)14. The Labute approximate surface area is 74.6 Å². The van der Waals surface area contributed by atoms with Gasteiger partial charge in [0.1, 0.15) is 0 Å². The Hall–Kier alpha value is -0.740. The fourth-order valence-corrected chi connectivity index (χ4v) is 0.436. The van der Waals surface area contributed by atoms with Gasteiger partial charge in [-0.3, -0.25) is 0 Å². The highest BCUT2D eigenvalue weighted by Gasteiger charge is 2.77. The summed E-state index contributed by atoms with van der Waals surface area (Å²) in [6.45, 7) is 0. The van der Waals surface area contributed by atoms with E-state index < -0.39 is 24.6 Å². The second kappa shape index (κ2) is 3.39. The average molecular weight is 254 g/mol. The maximum atomic E-state index is 12.1. The van der Waals surface area contributed by atoms with Crippen LogP contribution in [0.3, 0.4) is 0 Å². The Morgan fingerprint density at radius 2 is 0.800 bits per heavy atom. The van der Waals surface area contributed by atoms with E-state index in [-0.39, 0.29) is 0 Å². The van der Waals surface area contributed by atoms with E-state index in [0.29, 0.717) is 0 Å². The minimum atomic E-state index is -6.89. The molecule has 0 radical (unpaired) electrons. The molecular weight excluding hydrogens is 254 g/mol. The molecule has 1 nitrogen and oxygen atoms in total. The molecule has 0 saturated heterocycles. The molecule has 0 heterocycles. The third-order valence-corrected chi connectivity index (χ3v) is 0.986. The lowest BCUT2D eigenvalue weighted by molar-refractivity contribution is -0.503. The molecule has 0 aliphatic carbocycles. The molecule has 0 bridgehead atoms. The van der Waals surface area contributed by atoms with E-state index in [1.807, 2.05) is 0 Å². The Kier molecular flexibility index (Phi) is 3.22. The van der Waals surface area contributed by atoms with E-state index in [1.165, 1.54) is 4.74 Å². The molecule has 0 spiro atoms. The van der Waals surface area contributed by atoms with Gasteiger partial charge in [0, 0.05) is 0 Å². The maximum Gasteiger partial charge on any atom is 0.525 e. The normalized spacial score (nSPS) is 15.6. The van der Waals surface area contributed by atoms with Crippen LogP contribution in [-0.4, -0.2) is 24.6 Å². The van der Waals surface area contributed by atoms with Gasteiger partial charge in [-0.15, -0.1) is 13.2 Å². The van der Waals surface area contributed by atoms with Crippen LogP contribution in [0.5, 0.6) is 0 Å². The third-order valence-electron chi connectivity index (χ3n) is 0.986. The largest absolute Gasteiger partial charge is 0.525 e. The summed E-state index contributed by atoms with van der Waals surface area (Å²) in [7, 11) is 0. The predicted molar refractivity (Wildman–Crippen MR) is 23.1 cm³/mol. The van der Waals surface area contributed by atoms with Gasteiger partial charge < -0.3 is 0 Å². The molecule has 0 N–H and O–H groups in total. The zero-order valence-electron chi connectivity index (χ0n) is 6.19. The molecule has 0 aliphatic heterocycles. The molecule has 0 unspecified atom stereocenters. The monoisotopic (exact) mass is 254 g/mol. The average Bonchev–Trinajstić information content (AvgIpc) is 1.77. The third kappa shape index (κ3) is 3.11. The predicted octanol–water partition coefficient (Wildman–Crippen LogP) is 3.31. The number of ether oxygens (including phenoxy) is 1. The first kappa shape index (κ1) is 14.3. The van der Waals surface area contributed by atoms with Crippen molar-refractivity contribution in [2.24, 2.45) is 0 Å². The molecular formula is C4F10O. The molecule has 0 saturated carbocycles. The van der Waals surface area contributed by atoms with Gasteiger partial charge in [-0.2, -0.15) is 30.7 Å². The molecule has 0 aromatic rings. The minimum absolute atomic E-state index is 1.44. The van der Waals surface area contributed by atoms with Crippen LogP contribution in [0.4, 0.5) is 43.9 Å². The second-order valence-electron chi connectivity index (χ2n) is 2.14. The summed E-state index contributed by atoms with van der Waals surface area (Å²) in [6, 6.07) is 0. The zero-order valence-corrected chi connectivity index (χ0v) is 6.19. The Morgan fingerprint density at radius 1 is 0.533 bits per heavy atom. The van der Waals surface area contributed by atoms with Gasteiger partial charge in [0.2, 0.25) is 0 Å². The Balaban J connectivity index is 5.26. The zero-order chi connectivity index (χ0) is 12.7. The van der Waals surface area contributed by atoms with Crippen LogP contribution in [0.2, 0.25) is 0 Å². The first-order chi connectivity index (χ1) is 6.21. The number of hydrogen-bond donors (Lipinski definition) is 0. The summed E-state index contributed by atoms with van der Waals surface area (Å²) in [6.07, 6.45) is -20.2. The summed E-state index contributed by atoms with van der Waals surface area (Å²) in [5, 5.41) is 0. The summed E-state index contributed by atoms with van der Waals surface area (Å²) in [5.41, 5.74) is 0. The van der Waals surface area contributed by atoms with Crippen LogP contribution in [0.15, 0.2) is 0 Å².